The SMILES string of the molecule is CCCCCCCCCCCCC(=O)NCCNCC. The highest BCUT2D eigenvalue weighted by Gasteiger charge is 1.99. The second-order valence-electron chi connectivity index (χ2n) is 5.64. The molecule has 0 unspecified atom stereocenters. The van der Waals surface area contributed by atoms with E-state index < -0.39 is 0 Å². The van der Waals surface area contributed by atoms with Gasteiger partial charge in [-0.25, -0.2) is 0 Å². The Balaban J connectivity index is 3.09. The average Bonchev–Trinajstić information content (AvgIpc) is 2.45. The number of nitrogens with one attached hydrogen (secondary N) is 2. The van der Waals surface area contributed by atoms with E-state index in [0.29, 0.717) is 6.42 Å². The molecule has 0 saturated heterocycles. The van der Waals surface area contributed by atoms with Gasteiger partial charge in [-0.3, -0.25) is 4.79 Å². The predicted molar refractivity (Wildman–Crippen MR) is 88.0 cm³/mol. The lowest BCUT2D eigenvalue weighted by Gasteiger charge is -2.05. The van der Waals surface area contributed by atoms with Gasteiger partial charge < -0.3 is 10.6 Å². The van der Waals surface area contributed by atoms with E-state index in [4.69, 9.17) is 0 Å². The van der Waals surface area contributed by atoms with Crippen LogP contribution in [-0.4, -0.2) is 25.5 Å². The fourth-order valence-electron chi connectivity index (χ4n) is 2.33. The first-order chi connectivity index (χ1) is 9.81. The van der Waals surface area contributed by atoms with Crippen molar-refractivity contribution in [2.45, 2.75) is 84.5 Å². The summed E-state index contributed by atoms with van der Waals surface area (Å²) in [4.78, 5) is 11.5. The predicted octanol–water partition coefficient (Wildman–Crippen LogP) is 4.02. The third kappa shape index (κ3) is 15.5. The number of hydrogen-bond donors (Lipinski definition) is 2. The minimum absolute atomic E-state index is 0.211. The van der Waals surface area contributed by atoms with Crippen LogP contribution in [0.5, 0.6) is 0 Å². The molecule has 0 atom stereocenters. The minimum atomic E-state index is 0.211. The fourth-order valence-corrected chi connectivity index (χ4v) is 2.33. The lowest BCUT2D eigenvalue weighted by molar-refractivity contribution is -0.121. The molecule has 1 amide bonds. The van der Waals surface area contributed by atoms with Crippen LogP contribution in [0.4, 0.5) is 0 Å². The third-order valence-electron chi connectivity index (χ3n) is 3.63. The van der Waals surface area contributed by atoms with E-state index in [1.54, 1.807) is 0 Å². The van der Waals surface area contributed by atoms with Crippen LogP contribution in [0.25, 0.3) is 0 Å². The first-order valence-electron chi connectivity index (χ1n) is 8.78. The van der Waals surface area contributed by atoms with Crippen molar-refractivity contribution in [2.24, 2.45) is 0 Å². The Morgan fingerprint density at radius 2 is 1.30 bits per heavy atom. The van der Waals surface area contributed by atoms with Gasteiger partial charge in [0.2, 0.25) is 5.91 Å². The summed E-state index contributed by atoms with van der Waals surface area (Å²) >= 11 is 0. The van der Waals surface area contributed by atoms with Gasteiger partial charge in [-0.1, -0.05) is 71.6 Å². The van der Waals surface area contributed by atoms with Crippen LogP contribution >= 0.6 is 0 Å². The first kappa shape index (κ1) is 19.4. The van der Waals surface area contributed by atoms with Gasteiger partial charge >= 0.3 is 0 Å². The maximum Gasteiger partial charge on any atom is 0.220 e. The zero-order chi connectivity index (χ0) is 14.9. The summed E-state index contributed by atoms with van der Waals surface area (Å²) < 4.78 is 0. The van der Waals surface area contributed by atoms with Crippen molar-refractivity contribution in [3.8, 4) is 0 Å². The molecule has 0 spiro atoms. The molecule has 0 saturated carbocycles. The molecule has 0 radical (unpaired) electrons. The molecule has 0 bridgehead atoms. The van der Waals surface area contributed by atoms with E-state index >= 15 is 0 Å². The highest BCUT2D eigenvalue weighted by atomic mass is 16.1. The number of likely N-dealkylation sites (N-methyl/N-ethyl adjacent to an activating group) is 1. The maximum absolute atomic E-state index is 11.5. The van der Waals surface area contributed by atoms with Crippen molar-refractivity contribution in [2.75, 3.05) is 19.6 Å². The number of unbranched alkanes of at least 4 members (excludes halogenated alkanes) is 9. The molecular formula is C17H36N2O. The molecule has 0 aromatic heterocycles. The van der Waals surface area contributed by atoms with Gasteiger partial charge in [-0.15, -0.1) is 0 Å². The van der Waals surface area contributed by atoms with Crippen molar-refractivity contribution in [1.82, 2.24) is 10.6 Å². The van der Waals surface area contributed by atoms with Gasteiger partial charge in [-0.2, -0.15) is 0 Å². The molecule has 0 aromatic rings. The molecule has 0 aliphatic heterocycles. The largest absolute Gasteiger partial charge is 0.355 e. The molecule has 0 heterocycles. The van der Waals surface area contributed by atoms with Crippen molar-refractivity contribution >= 4 is 5.91 Å². The van der Waals surface area contributed by atoms with Gasteiger partial charge in [0.15, 0.2) is 0 Å². The summed E-state index contributed by atoms with van der Waals surface area (Å²) in [5.41, 5.74) is 0. The van der Waals surface area contributed by atoms with Crippen molar-refractivity contribution in [3.05, 3.63) is 0 Å². The maximum atomic E-state index is 11.5. The molecule has 2 N–H and O–H groups in total. The number of amides is 1. The van der Waals surface area contributed by atoms with E-state index in [1.165, 1.54) is 57.8 Å². The monoisotopic (exact) mass is 284 g/mol. The van der Waals surface area contributed by atoms with Crippen molar-refractivity contribution in [1.29, 1.82) is 0 Å². The van der Waals surface area contributed by atoms with E-state index in [-0.39, 0.29) is 5.91 Å². The van der Waals surface area contributed by atoms with Gasteiger partial charge in [0.1, 0.15) is 0 Å². The van der Waals surface area contributed by atoms with Crippen LogP contribution < -0.4 is 10.6 Å². The number of carbonyl (C=O) groups excluding carboxylic acids is 1. The Hall–Kier alpha value is -0.570. The molecule has 20 heavy (non-hydrogen) atoms. The Bertz CT molecular complexity index is 207. The first-order valence-corrected chi connectivity index (χ1v) is 8.78. The summed E-state index contributed by atoms with van der Waals surface area (Å²) in [5.74, 6) is 0.211. The quantitative estimate of drug-likeness (QED) is 0.446. The molecule has 3 nitrogen and oxygen atoms in total. The zero-order valence-electron chi connectivity index (χ0n) is 13.8. The van der Waals surface area contributed by atoms with E-state index in [0.717, 1.165) is 26.1 Å². The Morgan fingerprint density at radius 3 is 1.85 bits per heavy atom. The summed E-state index contributed by atoms with van der Waals surface area (Å²) in [6.07, 6.45) is 13.9. The normalized spacial score (nSPS) is 10.7. The Labute approximate surface area is 126 Å². The standard InChI is InChI=1S/C17H36N2O/c1-3-5-6-7-8-9-10-11-12-13-14-17(20)19-16-15-18-4-2/h18H,3-16H2,1-2H3,(H,19,20). The second kappa shape index (κ2) is 16.5. The lowest BCUT2D eigenvalue weighted by atomic mass is 10.1. The fraction of sp³-hybridized carbons (Fsp3) is 0.941. The van der Waals surface area contributed by atoms with Crippen molar-refractivity contribution < 1.29 is 4.79 Å². The zero-order valence-corrected chi connectivity index (χ0v) is 13.8. The van der Waals surface area contributed by atoms with Crippen LogP contribution in [0.15, 0.2) is 0 Å². The van der Waals surface area contributed by atoms with Crippen LogP contribution in [0.2, 0.25) is 0 Å². The summed E-state index contributed by atoms with van der Waals surface area (Å²) in [6, 6.07) is 0. The summed E-state index contributed by atoms with van der Waals surface area (Å²) in [7, 11) is 0. The number of hydrogen-bond acceptors (Lipinski definition) is 2. The molecule has 0 aromatic carbocycles. The average molecular weight is 284 g/mol. The molecule has 0 aliphatic carbocycles. The van der Waals surface area contributed by atoms with E-state index in [2.05, 4.69) is 24.5 Å². The summed E-state index contributed by atoms with van der Waals surface area (Å²) in [5, 5.41) is 6.14. The van der Waals surface area contributed by atoms with E-state index in [9.17, 15) is 4.79 Å². The molecule has 3 heteroatoms. The van der Waals surface area contributed by atoms with Crippen LogP contribution in [-0.2, 0) is 4.79 Å². The molecule has 0 fully saturated rings. The topological polar surface area (TPSA) is 41.1 Å². The van der Waals surface area contributed by atoms with Crippen LogP contribution in [0, 0.1) is 0 Å². The van der Waals surface area contributed by atoms with Crippen LogP contribution in [0.1, 0.15) is 84.5 Å². The highest BCUT2D eigenvalue weighted by molar-refractivity contribution is 5.75. The van der Waals surface area contributed by atoms with Gasteiger partial charge in [-0.05, 0) is 13.0 Å². The Kier molecular flexibility index (Phi) is 16.0. The third-order valence-corrected chi connectivity index (χ3v) is 3.63. The van der Waals surface area contributed by atoms with Crippen LogP contribution in [0.3, 0.4) is 0 Å². The van der Waals surface area contributed by atoms with Crippen molar-refractivity contribution in [3.63, 3.8) is 0 Å². The lowest BCUT2D eigenvalue weighted by Crippen LogP contribution is -2.31. The molecular weight excluding hydrogens is 248 g/mol. The highest BCUT2D eigenvalue weighted by Crippen LogP contribution is 2.11. The van der Waals surface area contributed by atoms with Gasteiger partial charge in [0.05, 0.1) is 0 Å². The smallest absolute Gasteiger partial charge is 0.220 e. The number of carbonyl (C=O) groups is 1. The van der Waals surface area contributed by atoms with E-state index in [1.807, 2.05) is 0 Å². The Morgan fingerprint density at radius 1 is 0.750 bits per heavy atom. The minimum Gasteiger partial charge on any atom is -0.355 e. The second-order valence-corrected chi connectivity index (χ2v) is 5.64. The molecule has 120 valence electrons. The van der Waals surface area contributed by atoms with Gasteiger partial charge in [0, 0.05) is 19.5 Å². The van der Waals surface area contributed by atoms with Gasteiger partial charge in [0.25, 0.3) is 0 Å². The molecule has 0 rings (SSSR count). The number of rotatable bonds is 15. The molecule has 0 aliphatic rings. The summed E-state index contributed by atoms with van der Waals surface area (Å²) in [6.45, 7) is 6.93.